The molecule has 0 saturated heterocycles. The lowest BCUT2D eigenvalue weighted by Crippen LogP contribution is -2.40. The van der Waals surface area contributed by atoms with Crippen LogP contribution < -0.4 is 11.1 Å². The molecule has 1 atom stereocenters. The summed E-state index contributed by atoms with van der Waals surface area (Å²) in [4.78, 5) is 11.1. The minimum atomic E-state index is -0.309. The predicted octanol–water partition coefficient (Wildman–Crippen LogP) is 1.03. The van der Waals surface area contributed by atoms with Crippen LogP contribution in [0.25, 0.3) is 0 Å². The molecule has 0 fully saturated rings. The van der Waals surface area contributed by atoms with E-state index in [-0.39, 0.29) is 11.9 Å². The second-order valence-corrected chi connectivity index (χ2v) is 3.00. The molecule has 72 valence electrons. The summed E-state index contributed by atoms with van der Waals surface area (Å²) in [6.45, 7) is 4.70. The van der Waals surface area contributed by atoms with Crippen molar-refractivity contribution in [3.8, 4) is 0 Å². The van der Waals surface area contributed by atoms with Crippen molar-refractivity contribution in [3.05, 3.63) is 0 Å². The highest BCUT2D eigenvalue weighted by Crippen LogP contribution is 2.01. The van der Waals surface area contributed by atoms with Crippen molar-refractivity contribution >= 4 is 5.91 Å². The summed E-state index contributed by atoms with van der Waals surface area (Å²) in [7, 11) is 0. The monoisotopic (exact) mass is 172 g/mol. The zero-order chi connectivity index (χ0) is 9.40. The van der Waals surface area contributed by atoms with Crippen LogP contribution in [0.15, 0.2) is 0 Å². The molecule has 0 bridgehead atoms. The van der Waals surface area contributed by atoms with Gasteiger partial charge in [-0.15, -0.1) is 0 Å². The van der Waals surface area contributed by atoms with E-state index in [1.54, 1.807) is 0 Å². The maximum Gasteiger partial charge on any atom is 0.236 e. The first-order valence-electron chi connectivity index (χ1n) is 4.75. The molecular weight excluding hydrogens is 152 g/mol. The van der Waals surface area contributed by atoms with Crippen molar-refractivity contribution in [2.24, 2.45) is 5.73 Å². The SMILES string of the molecule is CCCCCC(N)C(=O)NCC. The molecule has 0 aliphatic rings. The number of hydrogen-bond donors (Lipinski definition) is 2. The second-order valence-electron chi connectivity index (χ2n) is 3.00. The molecule has 3 nitrogen and oxygen atoms in total. The second kappa shape index (κ2) is 7.10. The Bertz CT molecular complexity index is 126. The van der Waals surface area contributed by atoms with Crippen LogP contribution >= 0.6 is 0 Å². The van der Waals surface area contributed by atoms with E-state index >= 15 is 0 Å². The summed E-state index contributed by atoms with van der Waals surface area (Å²) in [6.07, 6.45) is 4.18. The number of carbonyl (C=O) groups is 1. The Morgan fingerprint density at radius 1 is 1.42 bits per heavy atom. The van der Waals surface area contributed by atoms with Gasteiger partial charge in [-0.25, -0.2) is 0 Å². The molecule has 0 spiro atoms. The van der Waals surface area contributed by atoms with Gasteiger partial charge in [0.25, 0.3) is 0 Å². The standard InChI is InChI=1S/C9H20N2O/c1-3-5-6-7-8(10)9(12)11-4-2/h8H,3-7,10H2,1-2H3,(H,11,12). The molecule has 0 rings (SSSR count). The fraction of sp³-hybridized carbons (Fsp3) is 0.889. The van der Waals surface area contributed by atoms with E-state index in [0.717, 1.165) is 19.3 Å². The molecule has 12 heavy (non-hydrogen) atoms. The lowest BCUT2D eigenvalue weighted by atomic mass is 10.1. The van der Waals surface area contributed by atoms with Crippen molar-refractivity contribution in [2.75, 3.05) is 6.54 Å². The summed E-state index contributed by atoms with van der Waals surface area (Å²) >= 11 is 0. The number of nitrogens with two attached hydrogens (primary N) is 1. The van der Waals surface area contributed by atoms with E-state index in [0.29, 0.717) is 6.54 Å². The first kappa shape index (κ1) is 11.4. The molecular formula is C9H20N2O. The van der Waals surface area contributed by atoms with E-state index in [4.69, 9.17) is 5.73 Å². The molecule has 1 amide bonds. The molecule has 3 N–H and O–H groups in total. The third-order valence-electron chi connectivity index (χ3n) is 1.81. The number of likely N-dealkylation sites (N-methyl/N-ethyl adjacent to an activating group) is 1. The minimum absolute atomic E-state index is 0.0198. The lowest BCUT2D eigenvalue weighted by molar-refractivity contribution is -0.122. The maximum atomic E-state index is 11.1. The summed E-state index contributed by atoms with van der Waals surface area (Å²) < 4.78 is 0. The van der Waals surface area contributed by atoms with Crippen LogP contribution in [0.2, 0.25) is 0 Å². The van der Waals surface area contributed by atoms with Crippen LogP contribution in [0.4, 0.5) is 0 Å². The first-order valence-corrected chi connectivity index (χ1v) is 4.75. The Hall–Kier alpha value is -0.570. The highest BCUT2D eigenvalue weighted by atomic mass is 16.2. The first-order chi connectivity index (χ1) is 5.72. The predicted molar refractivity (Wildman–Crippen MR) is 50.8 cm³/mol. The summed E-state index contributed by atoms with van der Waals surface area (Å²) in [5.41, 5.74) is 5.63. The van der Waals surface area contributed by atoms with Crippen molar-refractivity contribution in [2.45, 2.75) is 45.6 Å². The van der Waals surface area contributed by atoms with Gasteiger partial charge in [0.15, 0.2) is 0 Å². The minimum Gasteiger partial charge on any atom is -0.355 e. The summed E-state index contributed by atoms with van der Waals surface area (Å²) in [6, 6.07) is -0.309. The molecule has 0 aromatic carbocycles. The van der Waals surface area contributed by atoms with Gasteiger partial charge in [-0.3, -0.25) is 4.79 Å². The Morgan fingerprint density at radius 2 is 2.08 bits per heavy atom. The van der Waals surface area contributed by atoms with Gasteiger partial charge in [0.1, 0.15) is 0 Å². The highest BCUT2D eigenvalue weighted by Gasteiger charge is 2.10. The lowest BCUT2D eigenvalue weighted by Gasteiger charge is -2.09. The van der Waals surface area contributed by atoms with Gasteiger partial charge in [0.05, 0.1) is 6.04 Å². The zero-order valence-corrected chi connectivity index (χ0v) is 8.10. The molecule has 0 aromatic rings. The summed E-state index contributed by atoms with van der Waals surface area (Å²) in [5.74, 6) is -0.0198. The van der Waals surface area contributed by atoms with E-state index in [9.17, 15) is 4.79 Å². The van der Waals surface area contributed by atoms with Gasteiger partial charge in [-0.2, -0.15) is 0 Å². The van der Waals surface area contributed by atoms with Crippen LogP contribution in [-0.2, 0) is 4.79 Å². The Labute approximate surface area is 74.7 Å². The number of unbranched alkanes of at least 4 members (excludes halogenated alkanes) is 2. The van der Waals surface area contributed by atoms with Gasteiger partial charge in [-0.1, -0.05) is 26.2 Å². The van der Waals surface area contributed by atoms with Gasteiger partial charge in [-0.05, 0) is 13.3 Å². The smallest absolute Gasteiger partial charge is 0.236 e. The van der Waals surface area contributed by atoms with Crippen molar-refractivity contribution in [1.29, 1.82) is 0 Å². The number of amides is 1. The van der Waals surface area contributed by atoms with E-state index in [2.05, 4.69) is 12.2 Å². The molecule has 0 aliphatic carbocycles. The van der Waals surface area contributed by atoms with E-state index in [1.807, 2.05) is 6.92 Å². The molecule has 0 aromatic heterocycles. The van der Waals surface area contributed by atoms with Crippen LogP contribution in [0, 0.1) is 0 Å². The van der Waals surface area contributed by atoms with Crippen molar-refractivity contribution < 1.29 is 4.79 Å². The Balaban J connectivity index is 3.42. The van der Waals surface area contributed by atoms with Crippen molar-refractivity contribution in [1.82, 2.24) is 5.32 Å². The fourth-order valence-electron chi connectivity index (χ4n) is 1.05. The Morgan fingerprint density at radius 3 is 2.58 bits per heavy atom. The van der Waals surface area contributed by atoms with Gasteiger partial charge >= 0.3 is 0 Å². The molecule has 0 saturated carbocycles. The maximum absolute atomic E-state index is 11.1. The van der Waals surface area contributed by atoms with Gasteiger partial charge in [0, 0.05) is 6.54 Å². The van der Waals surface area contributed by atoms with Crippen LogP contribution in [0.1, 0.15) is 39.5 Å². The third kappa shape index (κ3) is 5.13. The number of nitrogens with one attached hydrogen (secondary N) is 1. The Kier molecular flexibility index (Phi) is 6.76. The van der Waals surface area contributed by atoms with Crippen molar-refractivity contribution in [3.63, 3.8) is 0 Å². The van der Waals surface area contributed by atoms with Gasteiger partial charge in [0.2, 0.25) is 5.91 Å². The quantitative estimate of drug-likeness (QED) is 0.588. The average Bonchev–Trinajstić information content (AvgIpc) is 2.05. The number of carbonyl (C=O) groups excluding carboxylic acids is 1. The largest absolute Gasteiger partial charge is 0.355 e. The molecule has 0 heterocycles. The fourth-order valence-corrected chi connectivity index (χ4v) is 1.05. The van der Waals surface area contributed by atoms with Crippen LogP contribution in [-0.4, -0.2) is 18.5 Å². The normalized spacial score (nSPS) is 12.6. The highest BCUT2D eigenvalue weighted by molar-refractivity contribution is 5.81. The van der Waals surface area contributed by atoms with E-state index < -0.39 is 0 Å². The molecule has 1 unspecified atom stereocenters. The molecule has 3 heteroatoms. The molecule has 0 aliphatic heterocycles. The third-order valence-corrected chi connectivity index (χ3v) is 1.81. The van der Waals surface area contributed by atoms with Gasteiger partial charge < -0.3 is 11.1 Å². The van der Waals surface area contributed by atoms with Crippen LogP contribution in [0.5, 0.6) is 0 Å². The van der Waals surface area contributed by atoms with E-state index in [1.165, 1.54) is 6.42 Å². The van der Waals surface area contributed by atoms with Crippen LogP contribution in [0.3, 0.4) is 0 Å². The zero-order valence-electron chi connectivity index (χ0n) is 8.10. The average molecular weight is 172 g/mol. The number of rotatable bonds is 6. The number of hydrogen-bond acceptors (Lipinski definition) is 2. The summed E-state index contributed by atoms with van der Waals surface area (Å²) in [5, 5.41) is 2.71. The topological polar surface area (TPSA) is 55.1 Å². The molecule has 0 radical (unpaired) electrons.